The average Bonchev–Trinajstić information content (AvgIpc) is 2.74. The lowest BCUT2D eigenvalue weighted by Gasteiger charge is -2.15. The summed E-state index contributed by atoms with van der Waals surface area (Å²) in [7, 11) is 0. The van der Waals surface area contributed by atoms with Crippen LogP contribution in [0.15, 0.2) is 66.7 Å². The highest BCUT2D eigenvalue weighted by Gasteiger charge is 2.18. The first kappa shape index (κ1) is 21.1. The fourth-order valence-corrected chi connectivity index (χ4v) is 3.48. The highest BCUT2D eigenvalue weighted by Crippen LogP contribution is 2.29. The van der Waals surface area contributed by atoms with Gasteiger partial charge in [0.2, 0.25) is 0 Å². The third kappa shape index (κ3) is 4.69. The number of carbonyl (C=O) groups is 2. The zero-order chi connectivity index (χ0) is 21.7. The third-order valence-corrected chi connectivity index (χ3v) is 5.16. The molecule has 1 unspecified atom stereocenters. The van der Waals surface area contributed by atoms with Gasteiger partial charge in [-0.15, -0.1) is 0 Å². The number of phenols is 1. The minimum absolute atomic E-state index is 0.0157. The van der Waals surface area contributed by atoms with Crippen molar-refractivity contribution in [2.75, 3.05) is 5.32 Å². The molecule has 5 nitrogen and oxygen atoms in total. The van der Waals surface area contributed by atoms with Gasteiger partial charge in [-0.1, -0.05) is 62.7 Å². The van der Waals surface area contributed by atoms with Crippen LogP contribution in [0, 0.1) is 0 Å². The Morgan fingerprint density at radius 2 is 1.67 bits per heavy atom. The number of rotatable bonds is 7. The Balaban J connectivity index is 1.96. The molecule has 0 fully saturated rings. The van der Waals surface area contributed by atoms with Crippen molar-refractivity contribution in [3.05, 3.63) is 83.4 Å². The standard InChI is InChI=1S/C25H25NO4/c1-3-7-16(2)18-11-13-23(27)21(14-18)24(28)26-22-15-19(10-12-20(22)25(29)30)17-8-5-4-6-9-17/h4-6,8-16,27H,3,7H2,1-2H3,(H,26,28)(H,29,30). The summed E-state index contributed by atoms with van der Waals surface area (Å²) >= 11 is 0. The van der Waals surface area contributed by atoms with E-state index in [1.165, 1.54) is 12.1 Å². The zero-order valence-corrected chi connectivity index (χ0v) is 17.1. The summed E-state index contributed by atoms with van der Waals surface area (Å²) in [4.78, 5) is 24.6. The number of carbonyl (C=O) groups excluding carboxylic acids is 1. The van der Waals surface area contributed by atoms with Crippen LogP contribution in [-0.4, -0.2) is 22.1 Å². The maximum atomic E-state index is 12.9. The number of aromatic hydroxyl groups is 1. The number of benzene rings is 3. The van der Waals surface area contributed by atoms with Crippen molar-refractivity contribution in [1.82, 2.24) is 0 Å². The first-order valence-electron chi connectivity index (χ1n) is 9.97. The molecular formula is C25H25NO4. The van der Waals surface area contributed by atoms with Crippen LogP contribution >= 0.6 is 0 Å². The fourth-order valence-electron chi connectivity index (χ4n) is 3.48. The molecule has 0 spiro atoms. The zero-order valence-electron chi connectivity index (χ0n) is 17.1. The van der Waals surface area contributed by atoms with E-state index in [4.69, 9.17) is 0 Å². The summed E-state index contributed by atoms with van der Waals surface area (Å²) in [6, 6.07) is 19.3. The summed E-state index contributed by atoms with van der Waals surface area (Å²) in [5.74, 6) is -1.58. The first-order valence-corrected chi connectivity index (χ1v) is 9.97. The number of hydrogen-bond donors (Lipinski definition) is 3. The minimum Gasteiger partial charge on any atom is -0.507 e. The number of anilines is 1. The van der Waals surface area contributed by atoms with E-state index in [2.05, 4.69) is 19.2 Å². The fraction of sp³-hybridized carbons (Fsp3) is 0.200. The lowest BCUT2D eigenvalue weighted by Crippen LogP contribution is -2.15. The number of nitrogens with one attached hydrogen (secondary N) is 1. The summed E-state index contributed by atoms with van der Waals surface area (Å²) in [5, 5.41) is 22.4. The van der Waals surface area contributed by atoms with Gasteiger partial charge in [0, 0.05) is 0 Å². The molecule has 1 amide bonds. The molecule has 0 bridgehead atoms. The van der Waals surface area contributed by atoms with E-state index < -0.39 is 11.9 Å². The largest absolute Gasteiger partial charge is 0.507 e. The second-order valence-corrected chi connectivity index (χ2v) is 7.35. The van der Waals surface area contributed by atoms with Crippen molar-refractivity contribution >= 4 is 17.6 Å². The van der Waals surface area contributed by atoms with Gasteiger partial charge in [0.25, 0.3) is 5.91 Å². The van der Waals surface area contributed by atoms with Crippen LogP contribution in [0.4, 0.5) is 5.69 Å². The summed E-state index contributed by atoms with van der Waals surface area (Å²) < 4.78 is 0. The lowest BCUT2D eigenvalue weighted by atomic mass is 9.94. The van der Waals surface area contributed by atoms with Gasteiger partial charge in [0.1, 0.15) is 5.75 Å². The molecule has 0 aliphatic rings. The number of amides is 1. The molecule has 0 heterocycles. The van der Waals surface area contributed by atoms with Gasteiger partial charge >= 0.3 is 5.97 Å². The van der Waals surface area contributed by atoms with Crippen LogP contribution in [0.1, 0.15) is 58.9 Å². The number of carboxylic acid groups (broad SMARTS) is 1. The molecule has 1 atom stereocenters. The van der Waals surface area contributed by atoms with Gasteiger partial charge < -0.3 is 15.5 Å². The Bertz CT molecular complexity index is 1060. The van der Waals surface area contributed by atoms with E-state index in [0.717, 1.165) is 29.5 Å². The van der Waals surface area contributed by atoms with Crippen LogP contribution < -0.4 is 5.32 Å². The smallest absolute Gasteiger partial charge is 0.337 e. The van der Waals surface area contributed by atoms with Crippen LogP contribution in [0.3, 0.4) is 0 Å². The third-order valence-electron chi connectivity index (χ3n) is 5.16. The van der Waals surface area contributed by atoms with Crippen LogP contribution in [0.2, 0.25) is 0 Å². The number of phenolic OH excluding ortho intramolecular Hbond substituents is 1. The average molecular weight is 403 g/mol. The molecule has 5 heteroatoms. The monoisotopic (exact) mass is 403 g/mol. The summed E-state index contributed by atoms with van der Waals surface area (Å²) in [5.41, 5.74) is 2.93. The Kier molecular flexibility index (Phi) is 6.52. The molecule has 3 aromatic carbocycles. The molecular weight excluding hydrogens is 378 g/mol. The molecule has 0 aromatic heterocycles. The van der Waals surface area contributed by atoms with Crippen molar-refractivity contribution in [2.24, 2.45) is 0 Å². The van der Waals surface area contributed by atoms with Crippen molar-refractivity contribution in [3.8, 4) is 16.9 Å². The van der Waals surface area contributed by atoms with E-state index in [-0.39, 0.29) is 28.5 Å². The first-order chi connectivity index (χ1) is 14.4. The molecule has 3 N–H and O–H groups in total. The van der Waals surface area contributed by atoms with Gasteiger partial charge in [-0.3, -0.25) is 4.79 Å². The minimum atomic E-state index is -1.14. The highest BCUT2D eigenvalue weighted by molar-refractivity contribution is 6.09. The summed E-state index contributed by atoms with van der Waals surface area (Å²) in [6.07, 6.45) is 1.98. The topological polar surface area (TPSA) is 86.6 Å². The van der Waals surface area contributed by atoms with E-state index >= 15 is 0 Å². The Labute approximate surface area is 176 Å². The predicted molar refractivity (Wildman–Crippen MR) is 118 cm³/mol. The molecule has 0 radical (unpaired) electrons. The number of hydrogen-bond acceptors (Lipinski definition) is 3. The molecule has 154 valence electrons. The molecule has 3 aromatic rings. The number of aromatic carboxylic acids is 1. The Morgan fingerprint density at radius 3 is 2.33 bits per heavy atom. The molecule has 0 saturated carbocycles. The van der Waals surface area contributed by atoms with Gasteiger partial charge in [0.15, 0.2) is 0 Å². The van der Waals surface area contributed by atoms with Crippen molar-refractivity contribution in [2.45, 2.75) is 32.6 Å². The van der Waals surface area contributed by atoms with Gasteiger partial charge in [-0.2, -0.15) is 0 Å². The van der Waals surface area contributed by atoms with Crippen molar-refractivity contribution < 1.29 is 19.8 Å². The molecule has 3 rings (SSSR count). The second kappa shape index (κ2) is 9.27. The second-order valence-electron chi connectivity index (χ2n) is 7.35. The van der Waals surface area contributed by atoms with E-state index in [9.17, 15) is 19.8 Å². The van der Waals surface area contributed by atoms with Crippen LogP contribution in [-0.2, 0) is 0 Å². The quantitative estimate of drug-likeness (QED) is 0.457. The van der Waals surface area contributed by atoms with Crippen molar-refractivity contribution in [1.29, 1.82) is 0 Å². The Morgan fingerprint density at radius 1 is 0.933 bits per heavy atom. The van der Waals surface area contributed by atoms with Crippen molar-refractivity contribution in [3.63, 3.8) is 0 Å². The maximum absolute atomic E-state index is 12.9. The maximum Gasteiger partial charge on any atom is 0.337 e. The van der Waals surface area contributed by atoms with Gasteiger partial charge in [0.05, 0.1) is 16.8 Å². The Hall–Kier alpha value is -3.60. The van der Waals surface area contributed by atoms with Gasteiger partial charge in [-0.25, -0.2) is 4.79 Å². The normalized spacial score (nSPS) is 11.7. The van der Waals surface area contributed by atoms with E-state index in [1.54, 1.807) is 18.2 Å². The predicted octanol–water partition coefficient (Wildman–Crippen LogP) is 5.91. The van der Waals surface area contributed by atoms with E-state index in [1.807, 2.05) is 36.4 Å². The molecule has 0 aliphatic heterocycles. The highest BCUT2D eigenvalue weighted by atomic mass is 16.4. The van der Waals surface area contributed by atoms with Gasteiger partial charge in [-0.05, 0) is 53.3 Å². The number of carboxylic acids is 1. The van der Waals surface area contributed by atoms with Crippen LogP contribution in [0.25, 0.3) is 11.1 Å². The lowest BCUT2D eigenvalue weighted by molar-refractivity contribution is 0.0698. The molecule has 30 heavy (non-hydrogen) atoms. The molecule has 0 saturated heterocycles. The summed E-state index contributed by atoms with van der Waals surface area (Å²) in [6.45, 7) is 4.17. The van der Waals surface area contributed by atoms with Crippen LogP contribution in [0.5, 0.6) is 5.75 Å². The SMILES string of the molecule is CCCC(C)c1ccc(O)c(C(=O)Nc2cc(-c3ccccc3)ccc2C(=O)O)c1. The molecule has 0 aliphatic carbocycles. The van der Waals surface area contributed by atoms with E-state index in [0.29, 0.717) is 0 Å².